The van der Waals surface area contributed by atoms with Gasteiger partial charge in [0.15, 0.2) is 0 Å². The second-order valence-corrected chi connectivity index (χ2v) is 12.7. The zero-order valence-electron chi connectivity index (χ0n) is 22.1. The molecule has 0 aromatic heterocycles. The van der Waals surface area contributed by atoms with Crippen LogP contribution in [0.4, 0.5) is 4.79 Å². The van der Waals surface area contributed by atoms with E-state index in [0.717, 1.165) is 47.4 Å². The number of hydrogen-bond acceptors (Lipinski definition) is 2. The van der Waals surface area contributed by atoms with Crippen molar-refractivity contribution in [3.05, 3.63) is 57.3 Å². The third kappa shape index (κ3) is 4.30. The summed E-state index contributed by atoms with van der Waals surface area (Å²) in [4.78, 5) is 26.9. The Labute approximate surface area is 214 Å². The Hall–Kier alpha value is -2.27. The molecule has 1 aromatic carbocycles. The van der Waals surface area contributed by atoms with E-state index in [9.17, 15) is 14.7 Å². The number of fused-ring (bicyclic) bond motifs is 1. The molecule has 4 atom stereocenters. The van der Waals surface area contributed by atoms with Gasteiger partial charge in [-0.15, -0.1) is 0 Å². The standard InChI is InChI=1S/C29H39ClN2O3/c1-17-10-13-29(21-9-8-20(24(30)14-21)11-12-27(4,5)6)23(18(17)2)16-32(26(35)31-29)28(7)15-22(19(28)3)25(33)34/h8-9,14,16-18H,10-13,15H2,1-7H3,(H,31,35)(H,33,34)/t17-,18+,28?,29?/m0/s1. The summed E-state index contributed by atoms with van der Waals surface area (Å²) >= 11 is 6.80. The molecule has 6 heteroatoms. The van der Waals surface area contributed by atoms with Gasteiger partial charge < -0.3 is 10.4 Å². The first kappa shape index (κ1) is 25.8. The van der Waals surface area contributed by atoms with Crippen molar-refractivity contribution >= 4 is 23.6 Å². The number of benzene rings is 1. The van der Waals surface area contributed by atoms with E-state index < -0.39 is 17.0 Å². The van der Waals surface area contributed by atoms with Crippen molar-refractivity contribution in [2.24, 2.45) is 17.3 Å². The normalized spacial score (nSPS) is 30.9. The fourth-order valence-electron chi connectivity index (χ4n) is 5.94. The number of amides is 2. The molecule has 5 nitrogen and oxygen atoms in total. The maximum atomic E-state index is 13.6. The highest BCUT2D eigenvalue weighted by molar-refractivity contribution is 6.31. The molecule has 1 aliphatic heterocycles. The Morgan fingerprint density at radius 2 is 1.97 bits per heavy atom. The molecule has 3 aliphatic rings. The van der Waals surface area contributed by atoms with Gasteiger partial charge in [0.05, 0.1) is 11.1 Å². The lowest BCUT2D eigenvalue weighted by Gasteiger charge is -2.55. The summed E-state index contributed by atoms with van der Waals surface area (Å²) in [5.74, 6) is -0.161. The zero-order chi connectivity index (χ0) is 25.9. The van der Waals surface area contributed by atoms with E-state index in [1.165, 1.54) is 5.57 Å². The summed E-state index contributed by atoms with van der Waals surface area (Å²) < 4.78 is 0. The number of nitrogens with one attached hydrogen (secondary N) is 1. The number of nitrogens with zero attached hydrogens (tertiary/aromatic N) is 1. The molecule has 1 aromatic rings. The van der Waals surface area contributed by atoms with Crippen LogP contribution >= 0.6 is 11.6 Å². The molecule has 1 saturated carbocycles. The highest BCUT2D eigenvalue weighted by Gasteiger charge is 2.54. The first-order chi connectivity index (χ1) is 16.2. The number of halogens is 1. The SMILES string of the molecule is CC1=C(C(=O)O)CC1(C)N1C=C2[C@H](C)[C@@H](C)CCC2(c2ccc(CCC(C)(C)C)c(Cl)c2)NC1=O. The molecule has 35 heavy (non-hydrogen) atoms. The highest BCUT2D eigenvalue weighted by Crippen LogP contribution is 2.52. The molecule has 1 heterocycles. The molecule has 0 spiro atoms. The topological polar surface area (TPSA) is 69.6 Å². The van der Waals surface area contributed by atoms with Crippen LogP contribution in [0, 0.1) is 17.3 Å². The highest BCUT2D eigenvalue weighted by atomic mass is 35.5. The monoisotopic (exact) mass is 498 g/mol. The lowest BCUT2D eigenvalue weighted by molar-refractivity contribution is -0.133. The van der Waals surface area contributed by atoms with Crippen molar-refractivity contribution < 1.29 is 14.7 Å². The molecular formula is C29H39ClN2O3. The molecule has 2 aliphatic carbocycles. The third-order valence-corrected chi connectivity index (χ3v) is 9.23. The van der Waals surface area contributed by atoms with Crippen LogP contribution in [-0.2, 0) is 16.8 Å². The van der Waals surface area contributed by atoms with Crippen LogP contribution in [0.5, 0.6) is 0 Å². The maximum absolute atomic E-state index is 13.6. The smallest absolute Gasteiger partial charge is 0.331 e. The van der Waals surface area contributed by atoms with Gasteiger partial charge in [0.1, 0.15) is 0 Å². The predicted molar refractivity (Wildman–Crippen MR) is 140 cm³/mol. The number of carbonyl (C=O) groups is 2. The van der Waals surface area contributed by atoms with Crippen LogP contribution in [0.3, 0.4) is 0 Å². The molecule has 0 saturated heterocycles. The summed E-state index contributed by atoms with van der Waals surface area (Å²) in [7, 11) is 0. The van der Waals surface area contributed by atoms with Gasteiger partial charge in [-0.25, -0.2) is 9.59 Å². The average molecular weight is 499 g/mol. The van der Waals surface area contributed by atoms with Gasteiger partial charge in [-0.3, -0.25) is 4.90 Å². The fourth-order valence-corrected chi connectivity index (χ4v) is 6.22. The van der Waals surface area contributed by atoms with Crippen LogP contribution in [-0.4, -0.2) is 27.5 Å². The van der Waals surface area contributed by atoms with Crippen LogP contribution in [0.1, 0.15) is 85.3 Å². The number of urea groups is 1. The molecule has 2 unspecified atom stereocenters. The van der Waals surface area contributed by atoms with Crippen molar-refractivity contribution in [2.75, 3.05) is 0 Å². The number of aliphatic carboxylic acids is 1. The Kier molecular flexibility index (Phi) is 6.41. The number of hydrogen-bond donors (Lipinski definition) is 2. The second-order valence-electron chi connectivity index (χ2n) is 12.3. The Morgan fingerprint density at radius 3 is 2.54 bits per heavy atom. The minimum absolute atomic E-state index is 0.185. The zero-order valence-corrected chi connectivity index (χ0v) is 22.8. The average Bonchev–Trinajstić information content (AvgIpc) is 2.77. The Bertz CT molecular complexity index is 1130. The second kappa shape index (κ2) is 8.69. The molecule has 4 rings (SSSR count). The van der Waals surface area contributed by atoms with Crippen molar-refractivity contribution in [1.82, 2.24) is 10.2 Å². The minimum Gasteiger partial charge on any atom is -0.478 e. The lowest BCUT2D eigenvalue weighted by atomic mass is 9.63. The molecule has 0 bridgehead atoms. The fraction of sp³-hybridized carbons (Fsp3) is 0.586. The predicted octanol–water partition coefficient (Wildman–Crippen LogP) is 7.05. The summed E-state index contributed by atoms with van der Waals surface area (Å²) in [5, 5.41) is 13.6. The van der Waals surface area contributed by atoms with Gasteiger partial charge in [0.2, 0.25) is 0 Å². The summed E-state index contributed by atoms with van der Waals surface area (Å²) in [6.45, 7) is 15.0. The van der Waals surface area contributed by atoms with E-state index in [1.807, 2.05) is 26.1 Å². The Morgan fingerprint density at radius 1 is 1.29 bits per heavy atom. The first-order valence-electron chi connectivity index (χ1n) is 12.8. The van der Waals surface area contributed by atoms with Crippen LogP contribution in [0.25, 0.3) is 0 Å². The number of carboxylic acids is 1. The van der Waals surface area contributed by atoms with Crippen LogP contribution < -0.4 is 5.32 Å². The Balaban J connectivity index is 1.75. The van der Waals surface area contributed by atoms with E-state index in [0.29, 0.717) is 17.9 Å². The van der Waals surface area contributed by atoms with Gasteiger partial charge in [-0.1, -0.05) is 58.4 Å². The van der Waals surface area contributed by atoms with Gasteiger partial charge in [-0.05, 0) is 85.1 Å². The number of aryl methyl sites for hydroxylation is 1. The molecule has 2 amide bonds. The van der Waals surface area contributed by atoms with Gasteiger partial charge in [0.25, 0.3) is 0 Å². The van der Waals surface area contributed by atoms with E-state index >= 15 is 0 Å². The van der Waals surface area contributed by atoms with Crippen molar-refractivity contribution in [1.29, 1.82) is 0 Å². The quantitative estimate of drug-likeness (QED) is 0.456. The van der Waals surface area contributed by atoms with E-state index in [-0.39, 0.29) is 17.4 Å². The van der Waals surface area contributed by atoms with Gasteiger partial charge in [-0.2, -0.15) is 0 Å². The lowest BCUT2D eigenvalue weighted by Crippen LogP contribution is -2.64. The summed E-state index contributed by atoms with van der Waals surface area (Å²) in [6, 6.07) is 6.12. The maximum Gasteiger partial charge on any atom is 0.331 e. The minimum atomic E-state index is -0.903. The van der Waals surface area contributed by atoms with Crippen molar-refractivity contribution in [3.8, 4) is 0 Å². The van der Waals surface area contributed by atoms with E-state index in [2.05, 4.69) is 52.1 Å². The van der Waals surface area contributed by atoms with E-state index in [1.54, 1.807) is 4.90 Å². The largest absolute Gasteiger partial charge is 0.478 e. The van der Waals surface area contributed by atoms with Crippen molar-refractivity contribution in [3.63, 3.8) is 0 Å². The first-order valence-corrected chi connectivity index (χ1v) is 13.1. The van der Waals surface area contributed by atoms with Crippen LogP contribution in [0.2, 0.25) is 5.02 Å². The number of rotatable bonds is 5. The molecule has 0 radical (unpaired) electrons. The summed E-state index contributed by atoms with van der Waals surface area (Å²) in [6.07, 6.45) is 6.14. The van der Waals surface area contributed by atoms with E-state index in [4.69, 9.17) is 11.6 Å². The molecule has 1 fully saturated rings. The molecule has 2 N–H and O–H groups in total. The number of carboxylic acid groups (broad SMARTS) is 1. The number of carbonyl (C=O) groups excluding carboxylic acids is 1. The van der Waals surface area contributed by atoms with Crippen molar-refractivity contribution in [2.45, 2.75) is 91.6 Å². The third-order valence-electron chi connectivity index (χ3n) is 8.88. The molecular weight excluding hydrogens is 460 g/mol. The van der Waals surface area contributed by atoms with Gasteiger partial charge >= 0.3 is 12.0 Å². The van der Waals surface area contributed by atoms with Crippen LogP contribution in [0.15, 0.2) is 41.1 Å². The summed E-state index contributed by atoms with van der Waals surface area (Å²) in [5.41, 5.74) is 3.48. The van der Waals surface area contributed by atoms with Gasteiger partial charge in [0, 0.05) is 23.2 Å². The molecule has 190 valence electrons.